The molecule has 1 aliphatic carbocycles. The third-order valence-corrected chi connectivity index (χ3v) is 4.98. The zero-order valence-corrected chi connectivity index (χ0v) is 14.4. The molecule has 0 fully saturated rings. The van der Waals surface area contributed by atoms with Crippen LogP contribution in [0.2, 0.25) is 0 Å². The number of esters is 1. The van der Waals surface area contributed by atoms with Crippen molar-refractivity contribution >= 4 is 17.9 Å². The molecule has 1 atom stereocenters. The topological polar surface area (TPSA) is 98.7 Å². The molecule has 4 rings (SSSR count). The van der Waals surface area contributed by atoms with Gasteiger partial charge in [-0.05, 0) is 12.5 Å². The van der Waals surface area contributed by atoms with Gasteiger partial charge in [-0.25, -0.2) is 4.79 Å². The molecule has 1 aromatic carbocycles. The number of nitrogen functional groups attached to an aromatic ring is 1. The van der Waals surface area contributed by atoms with Gasteiger partial charge in [0.15, 0.2) is 11.2 Å². The van der Waals surface area contributed by atoms with E-state index in [9.17, 15) is 9.59 Å². The van der Waals surface area contributed by atoms with Crippen molar-refractivity contribution in [3.8, 4) is 11.3 Å². The summed E-state index contributed by atoms with van der Waals surface area (Å²) in [4.78, 5) is 32.0. The minimum atomic E-state index is -1.41. The second-order valence-corrected chi connectivity index (χ2v) is 6.24. The highest BCUT2D eigenvalue weighted by Gasteiger charge is 2.63. The summed E-state index contributed by atoms with van der Waals surface area (Å²) in [5, 5.41) is 0. The molecule has 1 aliphatic heterocycles. The first-order valence-corrected chi connectivity index (χ1v) is 8.08. The second kappa shape index (κ2) is 5.32. The maximum atomic E-state index is 13.4. The Balaban J connectivity index is 2.06. The van der Waals surface area contributed by atoms with E-state index in [1.807, 2.05) is 18.2 Å². The number of carbonyl (C=O) groups is 2. The van der Waals surface area contributed by atoms with Crippen LogP contribution >= 0.6 is 0 Å². The summed E-state index contributed by atoms with van der Waals surface area (Å²) in [5.41, 5.74) is 6.75. The Labute approximate surface area is 149 Å². The zero-order chi connectivity index (χ0) is 18.6. The van der Waals surface area contributed by atoms with E-state index in [1.165, 1.54) is 11.0 Å². The van der Waals surface area contributed by atoms with Gasteiger partial charge in [-0.1, -0.05) is 36.9 Å². The molecule has 0 radical (unpaired) electrons. The third kappa shape index (κ3) is 1.74. The van der Waals surface area contributed by atoms with Crippen molar-refractivity contribution in [2.75, 3.05) is 19.4 Å². The Morgan fingerprint density at radius 3 is 2.92 bits per heavy atom. The molecule has 132 valence electrons. The van der Waals surface area contributed by atoms with Crippen molar-refractivity contribution in [2.24, 2.45) is 0 Å². The summed E-state index contributed by atoms with van der Waals surface area (Å²) in [5.74, 6) is -0.479. The molecule has 0 saturated heterocycles. The van der Waals surface area contributed by atoms with Gasteiger partial charge in [0.05, 0.1) is 5.57 Å². The number of ether oxygens (including phenoxy) is 1. The van der Waals surface area contributed by atoms with Gasteiger partial charge in [0.2, 0.25) is 5.91 Å². The van der Waals surface area contributed by atoms with Crippen molar-refractivity contribution in [3.05, 3.63) is 59.4 Å². The fraction of sp³-hybridized carbons (Fsp3) is 0.211. The highest BCUT2D eigenvalue weighted by molar-refractivity contribution is 6.14. The molecule has 1 spiro atoms. The normalized spacial score (nSPS) is 20.5. The minimum Gasteiger partial charge on any atom is -0.458 e. The lowest BCUT2D eigenvalue weighted by molar-refractivity contribution is -0.140. The smallest absolute Gasteiger partial charge is 0.337 e. The number of likely N-dealkylation sites (N-methyl/N-ethyl adjacent to an activating group) is 1. The number of anilines is 1. The number of hydrogen-bond acceptors (Lipinski definition) is 6. The van der Waals surface area contributed by atoms with E-state index >= 15 is 0 Å². The average molecular weight is 351 g/mol. The average Bonchev–Trinajstić information content (AvgIpc) is 3.20. The molecule has 2 aromatic rings. The number of aromatic nitrogens is 1. The van der Waals surface area contributed by atoms with Crippen molar-refractivity contribution < 1.29 is 18.7 Å². The monoisotopic (exact) mass is 351 g/mol. The molecule has 1 amide bonds. The van der Waals surface area contributed by atoms with Crippen molar-refractivity contribution in [1.29, 1.82) is 0 Å². The van der Waals surface area contributed by atoms with E-state index in [4.69, 9.17) is 14.9 Å². The number of benzene rings is 1. The molecule has 7 heteroatoms. The van der Waals surface area contributed by atoms with E-state index in [2.05, 4.69) is 11.6 Å². The highest BCUT2D eigenvalue weighted by Crippen LogP contribution is 2.57. The number of carbonyl (C=O) groups excluding carboxylic acids is 2. The first kappa shape index (κ1) is 16.1. The van der Waals surface area contributed by atoms with Crippen LogP contribution in [0, 0.1) is 0 Å². The number of nitrogens with zero attached hydrogens (tertiary/aromatic N) is 2. The molecule has 2 aliphatic rings. The van der Waals surface area contributed by atoms with Crippen molar-refractivity contribution in [1.82, 2.24) is 9.88 Å². The third-order valence-electron chi connectivity index (χ3n) is 4.98. The van der Waals surface area contributed by atoms with Gasteiger partial charge < -0.3 is 19.8 Å². The van der Waals surface area contributed by atoms with Gasteiger partial charge in [0.25, 0.3) is 6.01 Å². The predicted octanol–water partition coefficient (Wildman–Crippen LogP) is 2.00. The van der Waals surface area contributed by atoms with E-state index in [-0.39, 0.29) is 24.1 Å². The number of hydrogen-bond donors (Lipinski definition) is 1. The Morgan fingerprint density at radius 2 is 2.19 bits per heavy atom. The van der Waals surface area contributed by atoms with E-state index < -0.39 is 11.4 Å². The maximum Gasteiger partial charge on any atom is 0.337 e. The summed E-state index contributed by atoms with van der Waals surface area (Å²) in [7, 11) is 1.62. The van der Waals surface area contributed by atoms with Crippen LogP contribution in [-0.4, -0.2) is 35.4 Å². The number of allylic oxidation sites excluding steroid dienone is 1. The van der Waals surface area contributed by atoms with Gasteiger partial charge in [-0.2, -0.15) is 4.98 Å². The summed E-state index contributed by atoms with van der Waals surface area (Å²) in [6, 6.07) is 7.21. The van der Waals surface area contributed by atoms with Gasteiger partial charge in [-0.3, -0.25) is 4.79 Å². The molecule has 7 nitrogen and oxygen atoms in total. The molecule has 1 aromatic heterocycles. The quantitative estimate of drug-likeness (QED) is 0.671. The first-order valence-electron chi connectivity index (χ1n) is 8.08. The predicted molar refractivity (Wildman–Crippen MR) is 93.8 cm³/mol. The number of amides is 1. The van der Waals surface area contributed by atoms with Crippen LogP contribution in [-0.2, 0) is 19.7 Å². The zero-order valence-electron chi connectivity index (χ0n) is 14.4. The highest BCUT2D eigenvalue weighted by atomic mass is 16.5. The Bertz CT molecular complexity index is 1000. The molecule has 0 bridgehead atoms. The molecule has 0 saturated carbocycles. The molecule has 26 heavy (non-hydrogen) atoms. The standard InChI is InChI=1S/C19H17N3O4/c1-4-9-25-16(23)13-10(2)22(3)17(24)19(13)12-8-6-5-7-11(12)14-15(19)21-18(20)26-14/h4-8H,1,9H2,2-3H3,(H2,20,21)/t19-/m1/s1. The summed E-state index contributed by atoms with van der Waals surface area (Å²) >= 11 is 0. The van der Waals surface area contributed by atoms with E-state index in [1.54, 1.807) is 20.0 Å². The summed E-state index contributed by atoms with van der Waals surface area (Å²) in [6.07, 6.45) is 1.48. The number of rotatable bonds is 3. The fourth-order valence-corrected chi connectivity index (χ4v) is 3.84. The Hall–Kier alpha value is -3.35. The van der Waals surface area contributed by atoms with Crippen molar-refractivity contribution in [3.63, 3.8) is 0 Å². The van der Waals surface area contributed by atoms with Crippen LogP contribution in [0.25, 0.3) is 11.3 Å². The van der Waals surface area contributed by atoms with Crippen molar-refractivity contribution in [2.45, 2.75) is 12.3 Å². The molecular weight excluding hydrogens is 334 g/mol. The lowest BCUT2D eigenvalue weighted by Crippen LogP contribution is -2.41. The second-order valence-electron chi connectivity index (χ2n) is 6.24. The van der Waals surface area contributed by atoms with Crippen LogP contribution in [0.3, 0.4) is 0 Å². The van der Waals surface area contributed by atoms with Gasteiger partial charge >= 0.3 is 5.97 Å². The molecular formula is C19H17N3O4. The fourth-order valence-electron chi connectivity index (χ4n) is 3.84. The molecule has 2 heterocycles. The Kier molecular flexibility index (Phi) is 3.30. The van der Waals surface area contributed by atoms with Crippen LogP contribution in [0.1, 0.15) is 18.2 Å². The maximum absolute atomic E-state index is 13.4. The van der Waals surface area contributed by atoms with Crippen LogP contribution < -0.4 is 5.73 Å². The van der Waals surface area contributed by atoms with Gasteiger partial charge in [0.1, 0.15) is 12.3 Å². The Morgan fingerprint density at radius 1 is 1.46 bits per heavy atom. The lowest BCUT2D eigenvalue weighted by atomic mass is 9.74. The lowest BCUT2D eigenvalue weighted by Gasteiger charge is -2.25. The van der Waals surface area contributed by atoms with Crippen LogP contribution in [0.5, 0.6) is 0 Å². The van der Waals surface area contributed by atoms with Crippen LogP contribution in [0.15, 0.2) is 52.6 Å². The van der Waals surface area contributed by atoms with E-state index in [0.29, 0.717) is 28.3 Å². The number of nitrogens with two attached hydrogens (primary N) is 1. The summed E-state index contributed by atoms with van der Waals surface area (Å²) < 4.78 is 10.9. The van der Waals surface area contributed by atoms with E-state index in [0.717, 1.165) is 0 Å². The van der Waals surface area contributed by atoms with Crippen LogP contribution in [0.4, 0.5) is 6.01 Å². The number of oxazole rings is 1. The molecule has 0 unspecified atom stereocenters. The largest absolute Gasteiger partial charge is 0.458 e. The summed E-state index contributed by atoms with van der Waals surface area (Å²) in [6.45, 7) is 5.31. The SMILES string of the molecule is C=CCOC(=O)C1=C(C)N(C)C(=O)[C@]12c1ccccc1-c1oc(N)nc12. The minimum absolute atomic E-state index is 0.0407. The number of fused-ring (bicyclic) bond motifs is 5. The van der Waals surface area contributed by atoms with Gasteiger partial charge in [-0.15, -0.1) is 0 Å². The molecule has 2 N–H and O–H groups in total. The first-order chi connectivity index (χ1) is 12.4. The van der Waals surface area contributed by atoms with Gasteiger partial charge in [0, 0.05) is 18.3 Å².